The zero-order chi connectivity index (χ0) is 15.4. The molecule has 2 aromatic rings. The van der Waals surface area contributed by atoms with Crippen LogP contribution in [0.1, 0.15) is 5.56 Å². The van der Waals surface area contributed by atoms with Crippen molar-refractivity contribution in [1.29, 1.82) is 0 Å². The Morgan fingerprint density at radius 3 is 2.52 bits per heavy atom. The van der Waals surface area contributed by atoms with Crippen LogP contribution in [0.25, 0.3) is 0 Å². The van der Waals surface area contributed by atoms with Gasteiger partial charge in [-0.05, 0) is 48.9 Å². The standard InChI is InChI=1S/C15H15BrN2O2S/c1-10-2-5-12(8-14(10)17)18-15(19)9-21(20)13-6-3-11(16)4-7-13/h2-8H,9,17H2,1H3,(H,18,19). The third-order valence-corrected chi connectivity index (χ3v) is 4.75. The van der Waals surface area contributed by atoms with E-state index in [1.165, 1.54) is 0 Å². The highest BCUT2D eigenvalue weighted by Gasteiger charge is 2.11. The number of carbonyl (C=O) groups excluding carboxylic acids is 1. The Kier molecular flexibility index (Phi) is 5.14. The van der Waals surface area contributed by atoms with Gasteiger partial charge in [0.25, 0.3) is 0 Å². The zero-order valence-corrected chi connectivity index (χ0v) is 13.8. The molecule has 1 amide bonds. The molecule has 0 aliphatic rings. The van der Waals surface area contributed by atoms with Crippen molar-refractivity contribution in [3.63, 3.8) is 0 Å². The monoisotopic (exact) mass is 366 g/mol. The maximum atomic E-state index is 12.1. The van der Waals surface area contributed by atoms with Crippen LogP contribution in [-0.4, -0.2) is 15.9 Å². The largest absolute Gasteiger partial charge is 0.398 e. The fraction of sp³-hybridized carbons (Fsp3) is 0.133. The smallest absolute Gasteiger partial charge is 0.237 e. The molecule has 0 fully saturated rings. The predicted molar refractivity (Wildman–Crippen MR) is 89.6 cm³/mol. The van der Waals surface area contributed by atoms with Crippen LogP contribution < -0.4 is 11.1 Å². The van der Waals surface area contributed by atoms with Gasteiger partial charge < -0.3 is 11.1 Å². The van der Waals surface area contributed by atoms with Gasteiger partial charge in [0.2, 0.25) is 5.91 Å². The van der Waals surface area contributed by atoms with E-state index in [0.717, 1.165) is 10.0 Å². The van der Waals surface area contributed by atoms with Crippen LogP contribution in [-0.2, 0) is 15.6 Å². The molecule has 0 saturated heterocycles. The average Bonchev–Trinajstić information content (AvgIpc) is 2.43. The first-order chi connectivity index (χ1) is 9.95. The normalized spacial score (nSPS) is 11.9. The van der Waals surface area contributed by atoms with E-state index in [-0.39, 0.29) is 11.7 Å². The summed E-state index contributed by atoms with van der Waals surface area (Å²) in [5.41, 5.74) is 7.96. The number of nitrogen functional groups attached to an aromatic ring is 1. The van der Waals surface area contributed by atoms with E-state index in [0.29, 0.717) is 16.3 Å². The Bertz CT molecular complexity index is 687. The lowest BCUT2D eigenvalue weighted by atomic mass is 10.2. The van der Waals surface area contributed by atoms with Crippen molar-refractivity contribution < 1.29 is 9.00 Å². The quantitative estimate of drug-likeness (QED) is 0.816. The molecule has 4 nitrogen and oxygen atoms in total. The highest BCUT2D eigenvalue weighted by Crippen LogP contribution is 2.17. The average molecular weight is 367 g/mol. The summed E-state index contributed by atoms with van der Waals surface area (Å²) >= 11 is 3.31. The molecular weight excluding hydrogens is 352 g/mol. The number of nitrogens with two attached hydrogens (primary N) is 1. The maximum Gasteiger partial charge on any atom is 0.237 e. The lowest BCUT2D eigenvalue weighted by molar-refractivity contribution is -0.113. The predicted octanol–water partition coefficient (Wildman–Crippen LogP) is 3.09. The number of amides is 1. The number of hydrogen-bond donors (Lipinski definition) is 2. The second-order valence-corrected chi connectivity index (χ2v) is 6.93. The molecule has 1 atom stereocenters. The minimum atomic E-state index is -1.37. The first-order valence-electron chi connectivity index (χ1n) is 6.25. The third kappa shape index (κ3) is 4.41. The molecule has 2 rings (SSSR count). The fourth-order valence-corrected chi connectivity index (χ4v) is 2.89. The van der Waals surface area contributed by atoms with Crippen molar-refractivity contribution in [2.24, 2.45) is 0 Å². The highest BCUT2D eigenvalue weighted by molar-refractivity contribution is 9.10. The molecule has 2 aromatic carbocycles. The molecule has 0 saturated carbocycles. The molecule has 0 spiro atoms. The molecular formula is C15H15BrN2O2S. The lowest BCUT2D eigenvalue weighted by Gasteiger charge is -2.07. The van der Waals surface area contributed by atoms with Gasteiger partial charge in [0.15, 0.2) is 0 Å². The van der Waals surface area contributed by atoms with Crippen LogP contribution >= 0.6 is 15.9 Å². The van der Waals surface area contributed by atoms with Crippen LogP contribution in [0.15, 0.2) is 51.8 Å². The Labute approximate surface area is 134 Å². The van der Waals surface area contributed by atoms with E-state index in [2.05, 4.69) is 21.2 Å². The molecule has 1 unspecified atom stereocenters. The minimum Gasteiger partial charge on any atom is -0.398 e. The summed E-state index contributed by atoms with van der Waals surface area (Å²) < 4.78 is 13.0. The second kappa shape index (κ2) is 6.87. The molecule has 0 bridgehead atoms. The van der Waals surface area contributed by atoms with Crippen molar-refractivity contribution in [2.45, 2.75) is 11.8 Å². The number of hydrogen-bond acceptors (Lipinski definition) is 3. The number of aryl methyl sites for hydroxylation is 1. The summed E-state index contributed by atoms with van der Waals surface area (Å²) in [5.74, 6) is -0.394. The van der Waals surface area contributed by atoms with Gasteiger partial charge in [-0.15, -0.1) is 0 Å². The summed E-state index contributed by atoms with van der Waals surface area (Å²) in [5, 5.41) is 2.70. The van der Waals surface area contributed by atoms with Crippen molar-refractivity contribution in [3.8, 4) is 0 Å². The van der Waals surface area contributed by atoms with E-state index in [1.54, 1.807) is 36.4 Å². The number of halogens is 1. The van der Waals surface area contributed by atoms with Crippen molar-refractivity contribution in [2.75, 3.05) is 16.8 Å². The third-order valence-electron chi connectivity index (χ3n) is 2.90. The molecule has 0 aliphatic carbocycles. The number of benzene rings is 2. The van der Waals surface area contributed by atoms with E-state index < -0.39 is 10.8 Å². The van der Waals surface area contributed by atoms with Gasteiger partial charge in [-0.1, -0.05) is 22.0 Å². The van der Waals surface area contributed by atoms with E-state index in [4.69, 9.17) is 5.73 Å². The Morgan fingerprint density at radius 1 is 1.24 bits per heavy atom. The summed E-state index contributed by atoms with van der Waals surface area (Å²) in [6.45, 7) is 1.89. The van der Waals surface area contributed by atoms with Gasteiger partial charge in [0.05, 0.1) is 10.8 Å². The number of carbonyl (C=O) groups is 1. The van der Waals surface area contributed by atoms with Crippen molar-refractivity contribution in [1.82, 2.24) is 0 Å². The molecule has 3 N–H and O–H groups in total. The Morgan fingerprint density at radius 2 is 1.90 bits per heavy atom. The van der Waals surface area contributed by atoms with Gasteiger partial charge >= 0.3 is 0 Å². The highest BCUT2D eigenvalue weighted by atomic mass is 79.9. The molecule has 21 heavy (non-hydrogen) atoms. The first kappa shape index (κ1) is 15.7. The SMILES string of the molecule is Cc1ccc(NC(=O)CS(=O)c2ccc(Br)cc2)cc1N. The molecule has 0 heterocycles. The fourth-order valence-electron chi connectivity index (χ4n) is 1.70. The van der Waals surface area contributed by atoms with Gasteiger partial charge in [0, 0.05) is 20.7 Å². The minimum absolute atomic E-state index is 0.0879. The van der Waals surface area contributed by atoms with Crippen LogP contribution in [0.2, 0.25) is 0 Å². The maximum absolute atomic E-state index is 12.1. The van der Waals surface area contributed by atoms with Crippen LogP contribution in [0.5, 0.6) is 0 Å². The van der Waals surface area contributed by atoms with E-state index in [1.807, 2.05) is 13.0 Å². The summed E-state index contributed by atoms with van der Waals surface area (Å²) in [6, 6.07) is 12.4. The number of anilines is 2. The molecule has 110 valence electrons. The Balaban J connectivity index is 1.99. The summed E-state index contributed by atoms with van der Waals surface area (Å²) in [7, 11) is -1.37. The Hall–Kier alpha value is -1.66. The van der Waals surface area contributed by atoms with Crippen molar-refractivity contribution >= 4 is 44.0 Å². The number of rotatable bonds is 4. The van der Waals surface area contributed by atoms with Gasteiger partial charge in [-0.3, -0.25) is 9.00 Å². The molecule has 6 heteroatoms. The van der Waals surface area contributed by atoms with Gasteiger partial charge in [-0.2, -0.15) is 0 Å². The lowest BCUT2D eigenvalue weighted by Crippen LogP contribution is -2.19. The van der Waals surface area contributed by atoms with Crippen molar-refractivity contribution in [3.05, 3.63) is 52.5 Å². The van der Waals surface area contributed by atoms with E-state index >= 15 is 0 Å². The van der Waals surface area contributed by atoms with E-state index in [9.17, 15) is 9.00 Å². The van der Waals surface area contributed by atoms with Gasteiger partial charge in [-0.25, -0.2) is 0 Å². The van der Waals surface area contributed by atoms with Crippen LogP contribution in [0.4, 0.5) is 11.4 Å². The zero-order valence-electron chi connectivity index (χ0n) is 11.4. The van der Waals surface area contributed by atoms with Crippen LogP contribution in [0, 0.1) is 6.92 Å². The molecule has 0 radical (unpaired) electrons. The topological polar surface area (TPSA) is 72.2 Å². The molecule has 0 aliphatic heterocycles. The van der Waals surface area contributed by atoms with Crippen LogP contribution in [0.3, 0.4) is 0 Å². The summed E-state index contributed by atoms with van der Waals surface area (Å²) in [6.07, 6.45) is 0. The second-order valence-electron chi connectivity index (χ2n) is 4.56. The first-order valence-corrected chi connectivity index (χ1v) is 8.37. The summed E-state index contributed by atoms with van der Waals surface area (Å²) in [4.78, 5) is 12.5. The molecule has 0 aromatic heterocycles. The van der Waals surface area contributed by atoms with Gasteiger partial charge in [0.1, 0.15) is 5.75 Å². The number of nitrogens with one attached hydrogen (secondary N) is 1.